The molecule has 1 aliphatic carbocycles. The van der Waals surface area contributed by atoms with Crippen LogP contribution in [0.15, 0.2) is 6.20 Å². The lowest BCUT2D eigenvalue weighted by atomic mass is 9.95. The number of hydrazine groups is 1. The van der Waals surface area contributed by atoms with Gasteiger partial charge in [-0.15, -0.1) is 0 Å². The highest BCUT2D eigenvalue weighted by atomic mass is 35.5. The van der Waals surface area contributed by atoms with Gasteiger partial charge in [0.25, 0.3) is 0 Å². The smallest absolute Gasteiger partial charge is 0.240 e. The molecule has 1 aromatic rings. The van der Waals surface area contributed by atoms with Crippen LogP contribution in [0.25, 0.3) is 0 Å². The molecule has 0 bridgehead atoms. The fraction of sp³-hybridized carbons (Fsp3) is 0.636. The van der Waals surface area contributed by atoms with Gasteiger partial charge in [0, 0.05) is 13.5 Å². The summed E-state index contributed by atoms with van der Waals surface area (Å²) in [6.07, 6.45) is 5.76. The van der Waals surface area contributed by atoms with Crippen LogP contribution in [-0.2, 0) is 4.74 Å². The Bertz CT molecular complexity index is 405. The summed E-state index contributed by atoms with van der Waals surface area (Å²) in [6.45, 7) is 0. The molecule has 2 rings (SSSR count). The summed E-state index contributed by atoms with van der Waals surface area (Å²) in [4.78, 5) is 7.99. The van der Waals surface area contributed by atoms with Gasteiger partial charge in [-0.3, -0.25) is 5.43 Å². The first-order valence-electron chi connectivity index (χ1n) is 5.91. The van der Waals surface area contributed by atoms with Crippen LogP contribution in [0.1, 0.15) is 25.7 Å². The fourth-order valence-electron chi connectivity index (χ4n) is 2.08. The van der Waals surface area contributed by atoms with Crippen LogP contribution in [-0.4, -0.2) is 29.3 Å². The quantitative estimate of drug-likeness (QED) is 0.642. The maximum Gasteiger partial charge on any atom is 0.240 e. The second-order valence-corrected chi connectivity index (χ2v) is 4.66. The lowest BCUT2D eigenvalue weighted by Gasteiger charge is -2.28. The van der Waals surface area contributed by atoms with Gasteiger partial charge in [-0.25, -0.2) is 10.8 Å². The maximum atomic E-state index is 5.99. The number of ether oxygens (including phenoxy) is 2. The minimum atomic E-state index is 0.0710. The van der Waals surface area contributed by atoms with E-state index in [1.807, 2.05) is 0 Å². The number of anilines is 1. The first-order chi connectivity index (χ1) is 8.72. The Labute approximate surface area is 111 Å². The van der Waals surface area contributed by atoms with E-state index in [1.54, 1.807) is 7.11 Å². The number of methoxy groups -OCH3 is 1. The van der Waals surface area contributed by atoms with Crippen molar-refractivity contribution in [2.45, 2.75) is 37.9 Å². The molecule has 3 N–H and O–H groups in total. The van der Waals surface area contributed by atoms with Crippen molar-refractivity contribution in [3.8, 4) is 5.88 Å². The minimum absolute atomic E-state index is 0.0710. The van der Waals surface area contributed by atoms with E-state index in [-0.39, 0.29) is 18.2 Å². The van der Waals surface area contributed by atoms with Gasteiger partial charge in [-0.2, -0.15) is 4.98 Å². The maximum absolute atomic E-state index is 5.99. The second kappa shape index (κ2) is 6.17. The summed E-state index contributed by atoms with van der Waals surface area (Å²) in [7, 11) is 1.72. The number of rotatable bonds is 4. The largest absolute Gasteiger partial charge is 0.473 e. The SMILES string of the molecule is COC1CCCC(Oc2nc(NN)ncc2Cl)C1. The standard InChI is InChI=1S/C11H17ClN4O2/c1-17-7-3-2-4-8(5-7)18-10-9(12)6-14-11(15-10)16-13/h6-8H,2-5,13H2,1H3,(H,14,15,16). The predicted octanol–water partition coefficient (Wildman–Crippen LogP) is 1.75. The normalized spacial score (nSPS) is 23.7. The number of nitrogen functional groups attached to an aromatic ring is 1. The molecule has 1 aromatic heterocycles. The minimum Gasteiger partial charge on any atom is -0.473 e. The molecule has 1 heterocycles. The first-order valence-corrected chi connectivity index (χ1v) is 6.29. The first kappa shape index (κ1) is 13.3. The molecule has 1 aliphatic rings. The molecular formula is C11H17ClN4O2. The predicted molar refractivity (Wildman–Crippen MR) is 68.5 cm³/mol. The van der Waals surface area contributed by atoms with Crippen molar-refractivity contribution in [1.29, 1.82) is 0 Å². The molecule has 100 valence electrons. The molecule has 0 aromatic carbocycles. The highest BCUT2D eigenvalue weighted by Crippen LogP contribution is 2.28. The van der Waals surface area contributed by atoms with E-state index in [2.05, 4.69) is 15.4 Å². The zero-order valence-electron chi connectivity index (χ0n) is 10.2. The van der Waals surface area contributed by atoms with Crippen LogP contribution in [0.5, 0.6) is 5.88 Å². The molecule has 0 saturated heterocycles. The van der Waals surface area contributed by atoms with Crippen molar-refractivity contribution in [1.82, 2.24) is 9.97 Å². The number of hydrogen-bond acceptors (Lipinski definition) is 6. The molecule has 0 aliphatic heterocycles. The van der Waals surface area contributed by atoms with E-state index >= 15 is 0 Å². The van der Waals surface area contributed by atoms with Crippen molar-refractivity contribution in [3.63, 3.8) is 0 Å². The third-order valence-corrected chi connectivity index (χ3v) is 3.29. The number of hydrogen-bond donors (Lipinski definition) is 2. The van der Waals surface area contributed by atoms with Gasteiger partial charge in [0.15, 0.2) is 0 Å². The van der Waals surface area contributed by atoms with Gasteiger partial charge in [-0.1, -0.05) is 11.6 Å². The third-order valence-electron chi connectivity index (χ3n) is 3.03. The van der Waals surface area contributed by atoms with Crippen LogP contribution < -0.4 is 16.0 Å². The van der Waals surface area contributed by atoms with Gasteiger partial charge < -0.3 is 9.47 Å². The van der Waals surface area contributed by atoms with Crippen LogP contribution in [0, 0.1) is 0 Å². The average Bonchev–Trinajstić information content (AvgIpc) is 2.41. The van der Waals surface area contributed by atoms with Crippen LogP contribution in [0.4, 0.5) is 5.95 Å². The average molecular weight is 273 g/mol. The van der Waals surface area contributed by atoms with Crippen LogP contribution in [0.2, 0.25) is 5.02 Å². The molecule has 6 nitrogen and oxygen atoms in total. The second-order valence-electron chi connectivity index (χ2n) is 4.26. The Hall–Kier alpha value is -1.11. The molecule has 1 fully saturated rings. The van der Waals surface area contributed by atoms with Crippen molar-refractivity contribution >= 4 is 17.5 Å². The van der Waals surface area contributed by atoms with Crippen LogP contribution >= 0.6 is 11.6 Å². The monoisotopic (exact) mass is 272 g/mol. The summed E-state index contributed by atoms with van der Waals surface area (Å²) >= 11 is 5.99. The zero-order chi connectivity index (χ0) is 13.0. The van der Waals surface area contributed by atoms with Gasteiger partial charge in [0.05, 0.1) is 12.3 Å². The van der Waals surface area contributed by atoms with E-state index in [4.69, 9.17) is 26.9 Å². The molecule has 7 heteroatoms. The highest BCUT2D eigenvalue weighted by molar-refractivity contribution is 6.31. The Morgan fingerprint density at radius 3 is 2.94 bits per heavy atom. The summed E-state index contributed by atoms with van der Waals surface area (Å²) < 4.78 is 11.2. The molecule has 0 radical (unpaired) electrons. The van der Waals surface area contributed by atoms with Crippen LogP contribution in [0.3, 0.4) is 0 Å². The molecule has 1 saturated carbocycles. The van der Waals surface area contributed by atoms with Crippen molar-refractivity contribution in [2.24, 2.45) is 5.84 Å². The van der Waals surface area contributed by atoms with E-state index in [0.29, 0.717) is 10.9 Å². The lowest BCUT2D eigenvalue weighted by molar-refractivity contribution is 0.0195. The van der Waals surface area contributed by atoms with Gasteiger partial charge in [-0.05, 0) is 19.3 Å². The number of nitrogens with one attached hydrogen (secondary N) is 1. The zero-order valence-corrected chi connectivity index (χ0v) is 11.0. The van der Waals surface area contributed by atoms with Gasteiger partial charge in [0.2, 0.25) is 11.8 Å². The van der Waals surface area contributed by atoms with E-state index in [1.165, 1.54) is 6.20 Å². The number of nitrogens with zero attached hydrogens (tertiary/aromatic N) is 2. The number of nitrogens with two attached hydrogens (primary N) is 1. The Kier molecular flexibility index (Phi) is 4.57. The van der Waals surface area contributed by atoms with Crippen molar-refractivity contribution < 1.29 is 9.47 Å². The van der Waals surface area contributed by atoms with Gasteiger partial charge >= 0.3 is 0 Å². The number of aromatic nitrogens is 2. The van der Waals surface area contributed by atoms with E-state index < -0.39 is 0 Å². The molecule has 0 amide bonds. The molecule has 2 atom stereocenters. The summed E-state index contributed by atoms with van der Waals surface area (Å²) in [5, 5.41) is 0.383. The molecule has 2 unspecified atom stereocenters. The Balaban J connectivity index is 2.04. The van der Waals surface area contributed by atoms with E-state index in [9.17, 15) is 0 Å². The summed E-state index contributed by atoms with van der Waals surface area (Å²) in [6, 6.07) is 0. The Morgan fingerprint density at radius 1 is 1.44 bits per heavy atom. The fourth-order valence-corrected chi connectivity index (χ4v) is 2.22. The molecule has 0 spiro atoms. The summed E-state index contributed by atoms with van der Waals surface area (Å²) in [5.74, 6) is 5.90. The van der Waals surface area contributed by atoms with E-state index in [0.717, 1.165) is 25.7 Å². The lowest BCUT2D eigenvalue weighted by Crippen LogP contribution is -2.30. The van der Waals surface area contributed by atoms with Crippen molar-refractivity contribution in [2.75, 3.05) is 12.5 Å². The molecular weight excluding hydrogens is 256 g/mol. The number of halogens is 1. The Morgan fingerprint density at radius 2 is 2.22 bits per heavy atom. The summed E-state index contributed by atoms with van der Waals surface area (Å²) in [5.41, 5.74) is 2.37. The molecule has 18 heavy (non-hydrogen) atoms. The van der Waals surface area contributed by atoms with Crippen molar-refractivity contribution in [3.05, 3.63) is 11.2 Å². The topological polar surface area (TPSA) is 82.3 Å². The van der Waals surface area contributed by atoms with Gasteiger partial charge in [0.1, 0.15) is 11.1 Å². The third kappa shape index (κ3) is 3.22. The highest BCUT2D eigenvalue weighted by Gasteiger charge is 2.24.